The molecular formula is C24H24N8O3. The number of aromatic nitrogens is 6. The Kier molecular flexibility index (Phi) is 6.17. The van der Waals surface area contributed by atoms with Crippen LogP contribution < -0.4 is 10.6 Å². The molecule has 1 saturated heterocycles. The van der Waals surface area contributed by atoms with Gasteiger partial charge in [-0.2, -0.15) is 0 Å². The molecule has 0 bridgehead atoms. The zero-order chi connectivity index (χ0) is 24.4. The molecule has 0 saturated carbocycles. The van der Waals surface area contributed by atoms with Crippen molar-refractivity contribution in [1.29, 1.82) is 0 Å². The van der Waals surface area contributed by atoms with E-state index in [9.17, 15) is 9.90 Å². The monoisotopic (exact) mass is 472 g/mol. The van der Waals surface area contributed by atoms with Crippen molar-refractivity contribution in [3.05, 3.63) is 73.2 Å². The standard InChI is InChI=1S/C24H24N8O3/c1-3-26-23(34)18-10-17(33)24(35-18)32-13-29-19-21(28-12-16-9-14(2)6-8-27-16)30-20(31-22(19)32)15-5-4-7-25-11-15/h3-9,11,13,17-18,24,33H,1,10,12H2,2H3,(H,26,34)(H,28,30,31)/t17-,18+,24-/m1/s1. The lowest BCUT2D eigenvalue weighted by atomic mass is 10.2. The molecule has 0 unspecified atom stereocenters. The fourth-order valence-electron chi connectivity index (χ4n) is 3.98. The highest BCUT2D eigenvalue weighted by molar-refractivity contribution is 5.85. The van der Waals surface area contributed by atoms with Gasteiger partial charge in [-0.15, -0.1) is 0 Å². The van der Waals surface area contributed by atoms with E-state index >= 15 is 0 Å². The number of nitrogens with one attached hydrogen (secondary N) is 2. The molecule has 1 aliphatic rings. The van der Waals surface area contributed by atoms with Crippen LogP contribution >= 0.6 is 0 Å². The van der Waals surface area contributed by atoms with Gasteiger partial charge in [0.1, 0.15) is 12.2 Å². The number of amides is 1. The van der Waals surface area contributed by atoms with Crippen LogP contribution in [-0.4, -0.2) is 52.7 Å². The van der Waals surface area contributed by atoms with Crippen LogP contribution in [0.5, 0.6) is 0 Å². The molecule has 4 aromatic rings. The fourth-order valence-corrected chi connectivity index (χ4v) is 3.98. The predicted molar refractivity (Wildman–Crippen MR) is 128 cm³/mol. The number of hydrogen-bond acceptors (Lipinski definition) is 9. The van der Waals surface area contributed by atoms with E-state index < -0.39 is 18.4 Å². The first-order valence-corrected chi connectivity index (χ1v) is 11.1. The molecule has 35 heavy (non-hydrogen) atoms. The topological polar surface area (TPSA) is 140 Å². The smallest absolute Gasteiger partial charge is 0.253 e. The minimum atomic E-state index is -0.933. The van der Waals surface area contributed by atoms with Gasteiger partial charge in [-0.3, -0.25) is 19.3 Å². The first-order valence-electron chi connectivity index (χ1n) is 11.1. The third-order valence-corrected chi connectivity index (χ3v) is 5.65. The Bertz CT molecular complexity index is 1370. The molecule has 3 N–H and O–H groups in total. The van der Waals surface area contributed by atoms with Crippen LogP contribution in [-0.2, 0) is 16.1 Å². The summed E-state index contributed by atoms with van der Waals surface area (Å²) in [6.45, 7) is 5.93. The summed E-state index contributed by atoms with van der Waals surface area (Å²) in [6, 6.07) is 7.58. The van der Waals surface area contributed by atoms with Crippen molar-refractivity contribution < 1.29 is 14.6 Å². The minimum absolute atomic E-state index is 0.134. The molecule has 4 aromatic heterocycles. The van der Waals surface area contributed by atoms with Gasteiger partial charge in [-0.25, -0.2) is 15.0 Å². The molecule has 1 aliphatic heterocycles. The average molecular weight is 473 g/mol. The SMILES string of the molecule is C=CNC(=O)[C@@H]1C[C@@H](O)[C@H](n2cnc3c(NCc4cc(C)ccn4)nc(-c4cccnc4)nc32)O1. The van der Waals surface area contributed by atoms with Crippen LogP contribution in [0.15, 0.2) is 62.0 Å². The molecule has 1 amide bonds. The van der Waals surface area contributed by atoms with E-state index in [0.717, 1.165) is 16.8 Å². The lowest BCUT2D eigenvalue weighted by molar-refractivity contribution is -0.133. The van der Waals surface area contributed by atoms with Crippen LogP contribution in [0.2, 0.25) is 0 Å². The Hall–Kier alpha value is -4.22. The number of hydrogen-bond donors (Lipinski definition) is 3. The normalized spacial score (nSPS) is 19.5. The molecule has 0 aliphatic carbocycles. The van der Waals surface area contributed by atoms with Crippen molar-refractivity contribution in [2.75, 3.05) is 5.32 Å². The third-order valence-electron chi connectivity index (χ3n) is 5.65. The number of rotatable bonds is 7. The van der Waals surface area contributed by atoms with E-state index in [1.807, 2.05) is 25.1 Å². The second-order valence-corrected chi connectivity index (χ2v) is 8.17. The number of anilines is 1. The van der Waals surface area contributed by atoms with Gasteiger partial charge < -0.3 is 20.5 Å². The summed E-state index contributed by atoms with van der Waals surface area (Å²) in [6.07, 6.45) is 5.45. The Labute approximate surface area is 201 Å². The van der Waals surface area contributed by atoms with Gasteiger partial charge in [-0.1, -0.05) is 6.58 Å². The number of fused-ring (bicyclic) bond motifs is 1. The van der Waals surface area contributed by atoms with Gasteiger partial charge in [0.15, 0.2) is 29.0 Å². The molecule has 11 nitrogen and oxygen atoms in total. The van der Waals surface area contributed by atoms with Gasteiger partial charge in [-0.05, 0) is 43.0 Å². The molecule has 11 heteroatoms. The van der Waals surface area contributed by atoms with E-state index in [2.05, 4.69) is 32.2 Å². The van der Waals surface area contributed by atoms with Gasteiger partial charge in [0.05, 0.1) is 18.6 Å². The number of aliphatic hydroxyl groups is 1. The maximum absolute atomic E-state index is 12.2. The lowest BCUT2D eigenvalue weighted by Gasteiger charge is -2.17. The van der Waals surface area contributed by atoms with E-state index in [1.165, 1.54) is 12.5 Å². The summed E-state index contributed by atoms with van der Waals surface area (Å²) in [5.41, 5.74) is 3.62. The number of pyridine rings is 2. The summed E-state index contributed by atoms with van der Waals surface area (Å²) in [4.78, 5) is 34.7. The lowest BCUT2D eigenvalue weighted by Crippen LogP contribution is -2.30. The van der Waals surface area contributed by atoms with Gasteiger partial charge >= 0.3 is 0 Å². The summed E-state index contributed by atoms with van der Waals surface area (Å²) < 4.78 is 7.50. The van der Waals surface area contributed by atoms with Crippen LogP contribution in [0, 0.1) is 6.92 Å². The molecule has 5 rings (SSSR count). The number of nitrogens with zero attached hydrogens (tertiary/aromatic N) is 6. The first kappa shape index (κ1) is 22.6. The second-order valence-electron chi connectivity index (χ2n) is 8.17. The van der Waals surface area contributed by atoms with E-state index in [4.69, 9.17) is 14.7 Å². The molecule has 1 fully saturated rings. The number of carbonyl (C=O) groups excluding carboxylic acids is 1. The average Bonchev–Trinajstić information content (AvgIpc) is 3.46. The maximum atomic E-state index is 12.2. The van der Waals surface area contributed by atoms with Gasteiger partial charge in [0.2, 0.25) is 0 Å². The third kappa shape index (κ3) is 4.59. The molecule has 3 atom stereocenters. The summed E-state index contributed by atoms with van der Waals surface area (Å²) in [7, 11) is 0. The van der Waals surface area contributed by atoms with Crippen LogP contribution in [0.25, 0.3) is 22.6 Å². The van der Waals surface area contributed by atoms with Gasteiger partial charge in [0, 0.05) is 30.6 Å². The number of carbonyl (C=O) groups is 1. The van der Waals surface area contributed by atoms with E-state index in [-0.39, 0.29) is 12.3 Å². The van der Waals surface area contributed by atoms with Crippen molar-refractivity contribution >= 4 is 22.9 Å². The second kappa shape index (κ2) is 9.57. The van der Waals surface area contributed by atoms with Crippen LogP contribution in [0.1, 0.15) is 23.9 Å². The van der Waals surface area contributed by atoms with Crippen molar-refractivity contribution in [3.8, 4) is 11.4 Å². The quantitative estimate of drug-likeness (QED) is 0.369. The molecule has 0 aromatic carbocycles. The molecular weight excluding hydrogens is 448 g/mol. The van der Waals surface area contributed by atoms with Crippen molar-refractivity contribution in [2.24, 2.45) is 0 Å². The van der Waals surface area contributed by atoms with Crippen molar-refractivity contribution in [2.45, 2.75) is 38.3 Å². The number of imidazole rings is 1. The molecule has 5 heterocycles. The number of aliphatic hydroxyl groups excluding tert-OH is 1. The van der Waals surface area contributed by atoms with Crippen LogP contribution in [0.4, 0.5) is 5.82 Å². The largest absolute Gasteiger partial charge is 0.388 e. The van der Waals surface area contributed by atoms with Crippen molar-refractivity contribution in [1.82, 2.24) is 34.8 Å². The highest BCUT2D eigenvalue weighted by Gasteiger charge is 2.39. The highest BCUT2D eigenvalue weighted by atomic mass is 16.5. The maximum Gasteiger partial charge on any atom is 0.253 e. The Morgan fingerprint density at radius 2 is 2.20 bits per heavy atom. The van der Waals surface area contributed by atoms with E-state index in [0.29, 0.717) is 29.4 Å². The Balaban J connectivity index is 1.53. The predicted octanol–water partition coefficient (Wildman–Crippen LogP) is 2.11. The van der Waals surface area contributed by atoms with E-state index in [1.54, 1.807) is 29.2 Å². The molecule has 0 spiro atoms. The van der Waals surface area contributed by atoms with Crippen LogP contribution in [0.3, 0.4) is 0 Å². The van der Waals surface area contributed by atoms with Crippen molar-refractivity contribution in [3.63, 3.8) is 0 Å². The zero-order valence-electron chi connectivity index (χ0n) is 19.0. The molecule has 0 radical (unpaired) electrons. The number of aryl methyl sites for hydroxylation is 1. The van der Waals surface area contributed by atoms with Gasteiger partial charge in [0.25, 0.3) is 5.91 Å². The zero-order valence-corrected chi connectivity index (χ0v) is 19.0. The number of ether oxygens (including phenoxy) is 1. The summed E-state index contributed by atoms with van der Waals surface area (Å²) in [5.74, 6) is 0.564. The summed E-state index contributed by atoms with van der Waals surface area (Å²) in [5, 5.41) is 16.5. The Morgan fingerprint density at radius 1 is 1.31 bits per heavy atom. The molecule has 178 valence electrons. The first-order chi connectivity index (χ1) is 17.0. The fraction of sp³-hybridized carbons (Fsp3) is 0.250. The Morgan fingerprint density at radius 3 is 2.97 bits per heavy atom. The minimum Gasteiger partial charge on any atom is -0.388 e. The highest BCUT2D eigenvalue weighted by Crippen LogP contribution is 2.33. The summed E-state index contributed by atoms with van der Waals surface area (Å²) >= 11 is 0.